The third kappa shape index (κ3) is 2.34. The highest BCUT2D eigenvalue weighted by molar-refractivity contribution is 6.30. The lowest BCUT2D eigenvalue weighted by Crippen LogP contribution is -1.84. The first-order chi connectivity index (χ1) is 8.08. The minimum atomic E-state index is -0.520. The molecule has 0 fully saturated rings. The summed E-state index contributed by atoms with van der Waals surface area (Å²) in [6.07, 6.45) is 0. The fraction of sp³-hybridized carbons (Fsp3) is 0. The second-order valence-corrected chi connectivity index (χ2v) is 3.58. The summed E-state index contributed by atoms with van der Waals surface area (Å²) in [5.41, 5.74) is 11.6. The molecular weight excluding hydrogens is 247 g/mol. The molecule has 1 heterocycles. The minimum absolute atomic E-state index is 0.0328. The van der Waals surface area contributed by atoms with Crippen LogP contribution in [0, 0.1) is 5.82 Å². The van der Waals surface area contributed by atoms with Crippen molar-refractivity contribution in [3.63, 3.8) is 0 Å². The molecule has 88 valence electrons. The Morgan fingerprint density at radius 2 is 2.06 bits per heavy atom. The van der Waals surface area contributed by atoms with E-state index in [0.29, 0.717) is 5.69 Å². The number of anilines is 2. The molecule has 1 aromatic heterocycles. The van der Waals surface area contributed by atoms with E-state index >= 15 is 0 Å². The Morgan fingerprint density at radius 1 is 1.29 bits per heavy atom. The number of nitrogen functional groups attached to an aromatic ring is 2. The van der Waals surface area contributed by atoms with Crippen molar-refractivity contribution in [1.29, 1.82) is 0 Å². The van der Waals surface area contributed by atoms with Gasteiger partial charge in [0.1, 0.15) is 11.6 Å². The summed E-state index contributed by atoms with van der Waals surface area (Å²) in [6, 6.07) is 3.96. The molecular formula is C9H8ClFN6. The third-order valence-corrected chi connectivity index (χ3v) is 2.25. The van der Waals surface area contributed by atoms with Gasteiger partial charge >= 0.3 is 0 Å². The van der Waals surface area contributed by atoms with E-state index in [-0.39, 0.29) is 22.3 Å². The van der Waals surface area contributed by atoms with Crippen molar-refractivity contribution in [3.8, 4) is 0 Å². The van der Waals surface area contributed by atoms with E-state index in [1.807, 2.05) is 0 Å². The largest absolute Gasteiger partial charge is 0.382 e. The van der Waals surface area contributed by atoms with Crippen molar-refractivity contribution >= 4 is 34.6 Å². The summed E-state index contributed by atoms with van der Waals surface area (Å²) in [6.45, 7) is 0. The van der Waals surface area contributed by atoms with Crippen LogP contribution in [0.3, 0.4) is 0 Å². The van der Waals surface area contributed by atoms with Crippen molar-refractivity contribution in [2.75, 3.05) is 11.5 Å². The molecule has 17 heavy (non-hydrogen) atoms. The molecule has 8 heteroatoms. The monoisotopic (exact) mass is 254 g/mol. The molecule has 0 atom stereocenters. The van der Waals surface area contributed by atoms with Crippen LogP contribution in [0.15, 0.2) is 28.4 Å². The molecule has 0 aliphatic rings. The molecule has 0 saturated carbocycles. The van der Waals surface area contributed by atoms with Gasteiger partial charge < -0.3 is 11.5 Å². The van der Waals surface area contributed by atoms with Crippen LogP contribution in [-0.2, 0) is 0 Å². The van der Waals surface area contributed by atoms with Crippen LogP contribution in [0.2, 0.25) is 5.02 Å². The van der Waals surface area contributed by atoms with E-state index in [1.165, 1.54) is 18.2 Å². The van der Waals surface area contributed by atoms with Gasteiger partial charge in [0.05, 0.1) is 10.7 Å². The van der Waals surface area contributed by atoms with E-state index in [9.17, 15) is 4.39 Å². The summed E-state index contributed by atoms with van der Waals surface area (Å²) in [7, 11) is 0. The Morgan fingerprint density at radius 3 is 2.65 bits per heavy atom. The number of hydrogen-bond acceptors (Lipinski definition) is 5. The van der Waals surface area contributed by atoms with Gasteiger partial charge in [0, 0.05) is 0 Å². The summed E-state index contributed by atoms with van der Waals surface area (Å²) < 4.78 is 12.9. The SMILES string of the molecule is Nc1n[nH]c(N)c1N=Nc1ccc(F)c(Cl)c1. The van der Waals surface area contributed by atoms with Gasteiger partial charge in [-0.1, -0.05) is 11.6 Å². The summed E-state index contributed by atoms with van der Waals surface area (Å²) in [4.78, 5) is 0. The predicted octanol–water partition coefficient (Wildman–Crippen LogP) is 2.78. The second kappa shape index (κ2) is 4.38. The molecule has 0 aliphatic heterocycles. The molecule has 0 radical (unpaired) electrons. The summed E-state index contributed by atoms with van der Waals surface area (Å²) >= 11 is 5.59. The number of hydrogen-bond donors (Lipinski definition) is 3. The van der Waals surface area contributed by atoms with Crippen LogP contribution >= 0.6 is 11.6 Å². The fourth-order valence-corrected chi connectivity index (χ4v) is 1.30. The summed E-state index contributed by atoms with van der Waals surface area (Å²) in [5.74, 6) is -0.174. The Labute approximate surface area is 100 Å². The lowest BCUT2D eigenvalue weighted by molar-refractivity contribution is 0.628. The first kappa shape index (κ1) is 11.3. The van der Waals surface area contributed by atoms with E-state index < -0.39 is 5.82 Å². The van der Waals surface area contributed by atoms with Gasteiger partial charge in [-0.3, -0.25) is 5.10 Å². The van der Waals surface area contributed by atoms with Crippen LogP contribution in [0.4, 0.5) is 27.4 Å². The molecule has 5 N–H and O–H groups in total. The number of aromatic nitrogens is 2. The van der Waals surface area contributed by atoms with Gasteiger partial charge in [-0.15, -0.1) is 5.11 Å². The van der Waals surface area contributed by atoms with E-state index in [1.54, 1.807) is 0 Å². The highest BCUT2D eigenvalue weighted by Crippen LogP contribution is 2.29. The lowest BCUT2D eigenvalue weighted by atomic mass is 10.3. The number of nitrogens with one attached hydrogen (secondary N) is 1. The molecule has 0 spiro atoms. The zero-order valence-corrected chi connectivity index (χ0v) is 9.24. The summed E-state index contributed by atoms with van der Waals surface area (Å²) in [5, 5.41) is 13.7. The number of azo groups is 1. The Kier molecular flexibility index (Phi) is 2.92. The zero-order chi connectivity index (χ0) is 12.4. The molecule has 0 unspecified atom stereocenters. The van der Waals surface area contributed by atoms with Crippen molar-refractivity contribution in [2.45, 2.75) is 0 Å². The lowest BCUT2D eigenvalue weighted by Gasteiger charge is -1.95. The van der Waals surface area contributed by atoms with Crippen molar-refractivity contribution in [1.82, 2.24) is 10.2 Å². The Balaban J connectivity index is 2.29. The van der Waals surface area contributed by atoms with Gasteiger partial charge in [0.2, 0.25) is 0 Å². The number of aromatic amines is 1. The molecule has 2 aromatic rings. The smallest absolute Gasteiger partial charge is 0.175 e. The number of nitrogens with zero attached hydrogens (tertiary/aromatic N) is 3. The standard InChI is InChI=1S/C9H8ClFN6/c10-5-3-4(1-2-6(5)11)14-15-7-8(12)16-17-9(7)13/h1-3H,(H5,12,13,16,17). The number of benzene rings is 1. The second-order valence-electron chi connectivity index (χ2n) is 3.17. The highest BCUT2D eigenvalue weighted by Gasteiger charge is 2.06. The number of nitrogens with two attached hydrogens (primary N) is 2. The Hall–Kier alpha value is -2.15. The van der Waals surface area contributed by atoms with E-state index in [2.05, 4.69) is 20.4 Å². The average Bonchev–Trinajstić information content (AvgIpc) is 2.61. The average molecular weight is 255 g/mol. The van der Waals surface area contributed by atoms with Gasteiger partial charge in [0.15, 0.2) is 11.5 Å². The van der Waals surface area contributed by atoms with Gasteiger partial charge in [-0.2, -0.15) is 10.2 Å². The van der Waals surface area contributed by atoms with Crippen LogP contribution in [0.5, 0.6) is 0 Å². The fourth-order valence-electron chi connectivity index (χ4n) is 1.12. The van der Waals surface area contributed by atoms with Gasteiger partial charge in [-0.25, -0.2) is 4.39 Å². The number of H-pyrrole nitrogens is 1. The molecule has 0 aliphatic carbocycles. The number of halogens is 2. The van der Waals surface area contributed by atoms with Crippen molar-refractivity contribution in [3.05, 3.63) is 29.0 Å². The van der Waals surface area contributed by atoms with E-state index in [4.69, 9.17) is 23.1 Å². The quantitative estimate of drug-likeness (QED) is 0.718. The van der Waals surface area contributed by atoms with Crippen molar-refractivity contribution < 1.29 is 4.39 Å². The predicted molar refractivity (Wildman–Crippen MR) is 63.0 cm³/mol. The molecule has 1 aromatic carbocycles. The van der Waals surface area contributed by atoms with Gasteiger partial charge in [-0.05, 0) is 18.2 Å². The topological polar surface area (TPSA) is 105 Å². The zero-order valence-electron chi connectivity index (χ0n) is 8.48. The highest BCUT2D eigenvalue weighted by atomic mass is 35.5. The Bertz CT molecular complexity index is 559. The molecule has 2 rings (SSSR count). The first-order valence-electron chi connectivity index (χ1n) is 4.54. The van der Waals surface area contributed by atoms with E-state index in [0.717, 1.165) is 0 Å². The number of rotatable bonds is 2. The van der Waals surface area contributed by atoms with Crippen LogP contribution < -0.4 is 11.5 Å². The molecule has 0 bridgehead atoms. The van der Waals surface area contributed by atoms with Crippen LogP contribution in [0.1, 0.15) is 0 Å². The van der Waals surface area contributed by atoms with Crippen LogP contribution in [-0.4, -0.2) is 10.2 Å². The first-order valence-corrected chi connectivity index (χ1v) is 4.92. The maximum Gasteiger partial charge on any atom is 0.175 e. The van der Waals surface area contributed by atoms with Crippen LogP contribution in [0.25, 0.3) is 0 Å². The maximum absolute atomic E-state index is 12.9. The molecule has 6 nitrogen and oxygen atoms in total. The third-order valence-electron chi connectivity index (χ3n) is 1.96. The maximum atomic E-state index is 12.9. The normalized spacial score (nSPS) is 11.2. The van der Waals surface area contributed by atoms with Gasteiger partial charge in [0.25, 0.3) is 0 Å². The minimum Gasteiger partial charge on any atom is -0.382 e. The molecule has 0 amide bonds. The van der Waals surface area contributed by atoms with Crippen molar-refractivity contribution in [2.24, 2.45) is 10.2 Å². The molecule has 0 saturated heterocycles.